The minimum atomic E-state index is -0.622. The van der Waals surface area contributed by atoms with Crippen LogP contribution in [0.5, 0.6) is 0 Å². The van der Waals surface area contributed by atoms with Crippen LogP contribution in [0.1, 0.15) is 70.2 Å². The first-order valence-electron chi connectivity index (χ1n) is 12.9. The highest BCUT2D eigenvalue weighted by Gasteiger charge is 2.41. The molecule has 0 bridgehead atoms. The van der Waals surface area contributed by atoms with Crippen molar-refractivity contribution in [1.29, 1.82) is 0 Å². The Kier molecular flexibility index (Phi) is 9.62. The van der Waals surface area contributed by atoms with Gasteiger partial charge in [0.25, 0.3) is 0 Å². The molecular weight excluding hydrogens is 488 g/mol. The van der Waals surface area contributed by atoms with Crippen LogP contribution in [-0.2, 0) is 36.0 Å². The average molecular weight is 529 g/mol. The van der Waals surface area contributed by atoms with Crippen molar-refractivity contribution >= 4 is 35.5 Å². The summed E-state index contributed by atoms with van der Waals surface area (Å²) in [7, 11) is 0. The zero-order valence-corrected chi connectivity index (χ0v) is 24.2. The van der Waals surface area contributed by atoms with Crippen LogP contribution < -0.4 is 0 Å². The quantitative estimate of drug-likeness (QED) is 0.309. The first-order valence-corrected chi connectivity index (χ1v) is 14.8. The summed E-state index contributed by atoms with van der Waals surface area (Å²) in [5, 5.41) is 0. The summed E-state index contributed by atoms with van der Waals surface area (Å²) in [6.07, 6.45) is 2.40. The standard InChI is InChI=1S/C30H40O4S2/c1-7-33-26(31)28(3,4)20-22-13-11-15-24(19-22)30(35-17-12-18-36-30)25-16-10-9-14-23(25)21-29(5,6)27(32)34-8-2/h9-11,13-16,19H,7-8,12,17-18,20-21H2,1-6H3. The maximum Gasteiger partial charge on any atom is 0.311 e. The molecule has 0 amide bonds. The van der Waals surface area contributed by atoms with Gasteiger partial charge in [-0.3, -0.25) is 9.59 Å². The average Bonchev–Trinajstić information content (AvgIpc) is 2.85. The number of rotatable bonds is 10. The lowest BCUT2D eigenvalue weighted by molar-refractivity contribution is -0.154. The molecular formula is C30H40O4S2. The number of benzene rings is 2. The van der Waals surface area contributed by atoms with Crippen LogP contribution in [0, 0.1) is 10.8 Å². The molecule has 0 aromatic heterocycles. The van der Waals surface area contributed by atoms with E-state index in [1.165, 1.54) is 23.1 Å². The smallest absolute Gasteiger partial charge is 0.311 e. The Hall–Kier alpha value is -1.92. The summed E-state index contributed by atoms with van der Waals surface area (Å²) in [5.41, 5.74) is 3.56. The van der Waals surface area contributed by atoms with E-state index in [9.17, 15) is 9.59 Å². The maximum atomic E-state index is 12.7. The van der Waals surface area contributed by atoms with Gasteiger partial charge in [-0.25, -0.2) is 0 Å². The highest BCUT2D eigenvalue weighted by molar-refractivity contribution is 8.18. The molecule has 6 heteroatoms. The summed E-state index contributed by atoms with van der Waals surface area (Å²) in [5.74, 6) is 1.81. The van der Waals surface area contributed by atoms with Gasteiger partial charge >= 0.3 is 11.9 Å². The number of esters is 2. The van der Waals surface area contributed by atoms with Gasteiger partial charge < -0.3 is 9.47 Å². The molecule has 1 aliphatic rings. The second-order valence-corrected chi connectivity index (χ2v) is 13.5. The summed E-state index contributed by atoms with van der Waals surface area (Å²) in [4.78, 5) is 25.3. The Morgan fingerprint density at radius 1 is 0.833 bits per heavy atom. The molecule has 3 rings (SSSR count). The maximum absolute atomic E-state index is 12.7. The molecule has 1 fully saturated rings. The largest absolute Gasteiger partial charge is 0.466 e. The highest BCUT2D eigenvalue weighted by atomic mass is 32.2. The molecule has 0 N–H and O–H groups in total. The molecule has 2 aromatic carbocycles. The molecule has 0 unspecified atom stereocenters. The molecule has 0 radical (unpaired) electrons. The SMILES string of the molecule is CCOC(=O)C(C)(C)Cc1cccc(C2(c3ccccc3CC(C)(C)C(=O)OCC)SCCCS2)c1. The Balaban J connectivity index is 2.03. The summed E-state index contributed by atoms with van der Waals surface area (Å²) >= 11 is 3.94. The van der Waals surface area contributed by atoms with Crippen molar-refractivity contribution in [2.45, 2.75) is 64.9 Å². The van der Waals surface area contributed by atoms with Gasteiger partial charge in [0.05, 0.1) is 24.0 Å². The van der Waals surface area contributed by atoms with Gasteiger partial charge in [-0.1, -0.05) is 48.5 Å². The number of hydrogen-bond donors (Lipinski definition) is 0. The number of thioether (sulfide) groups is 2. The lowest BCUT2D eigenvalue weighted by Crippen LogP contribution is -2.32. The Morgan fingerprint density at radius 2 is 1.42 bits per heavy atom. The zero-order chi connectivity index (χ0) is 26.4. The fourth-order valence-corrected chi connectivity index (χ4v) is 8.14. The Labute approximate surface area is 225 Å². The molecule has 0 aliphatic carbocycles. The van der Waals surface area contributed by atoms with Crippen molar-refractivity contribution in [1.82, 2.24) is 0 Å². The van der Waals surface area contributed by atoms with E-state index in [-0.39, 0.29) is 16.0 Å². The van der Waals surface area contributed by atoms with E-state index < -0.39 is 10.8 Å². The van der Waals surface area contributed by atoms with E-state index in [0.717, 1.165) is 17.1 Å². The minimum Gasteiger partial charge on any atom is -0.466 e. The number of carbonyl (C=O) groups is 2. The molecule has 1 heterocycles. The molecule has 2 aromatic rings. The van der Waals surface area contributed by atoms with Crippen LogP contribution in [0.4, 0.5) is 0 Å². The summed E-state index contributed by atoms with van der Waals surface area (Å²) < 4.78 is 10.4. The molecule has 0 spiro atoms. The second-order valence-electron chi connectivity index (χ2n) is 10.6. The van der Waals surface area contributed by atoms with Gasteiger partial charge in [-0.15, -0.1) is 23.5 Å². The number of carbonyl (C=O) groups excluding carboxylic acids is 2. The lowest BCUT2D eigenvalue weighted by Gasteiger charge is -2.39. The van der Waals surface area contributed by atoms with Crippen molar-refractivity contribution in [3.63, 3.8) is 0 Å². The van der Waals surface area contributed by atoms with Gasteiger partial charge in [0, 0.05) is 0 Å². The molecule has 4 nitrogen and oxygen atoms in total. The predicted octanol–water partition coefficient (Wildman–Crippen LogP) is 7.02. The third-order valence-electron chi connectivity index (χ3n) is 6.51. The highest BCUT2D eigenvalue weighted by Crippen LogP contribution is 2.56. The van der Waals surface area contributed by atoms with Gasteiger partial charge in [0.1, 0.15) is 4.08 Å². The Bertz CT molecular complexity index is 1050. The molecule has 36 heavy (non-hydrogen) atoms. The van der Waals surface area contributed by atoms with Crippen LogP contribution in [-0.4, -0.2) is 36.7 Å². The van der Waals surface area contributed by atoms with Gasteiger partial charge in [0.2, 0.25) is 0 Å². The first kappa shape index (κ1) is 28.6. The van der Waals surface area contributed by atoms with Gasteiger partial charge in [-0.2, -0.15) is 0 Å². The van der Waals surface area contributed by atoms with Crippen LogP contribution in [0.3, 0.4) is 0 Å². The van der Waals surface area contributed by atoms with Crippen LogP contribution in [0.25, 0.3) is 0 Å². The molecule has 1 saturated heterocycles. The van der Waals surface area contributed by atoms with Crippen LogP contribution >= 0.6 is 23.5 Å². The van der Waals surface area contributed by atoms with Crippen molar-refractivity contribution in [3.05, 3.63) is 70.8 Å². The van der Waals surface area contributed by atoms with E-state index in [0.29, 0.717) is 26.1 Å². The van der Waals surface area contributed by atoms with Crippen molar-refractivity contribution in [2.75, 3.05) is 24.7 Å². The van der Waals surface area contributed by atoms with E-state index >= 15 is 0 Å². The number of ether oxygens (including phenoxy) is 2. The van der Waals surface area contributed by atoms with Crippen LogP contribution in [0.2, 0.25) is 0 Å². The van der Waals surface area contributed by atoms with Crippen molar-refractivity contribution in [3.8, 4) is 0 Å². The summed E-state index contributed by atoms with van der Waals surface area (Å²) in [6, 6.07) is 17.2. The van der Waals surface area contributed by atoms with E-state index in [2.05, 4.69) is 48.5 Å². The van der Waals surface area contributed by atoms with Crippen LogP contribution in [0.15, 0.2) is 48.5 Å². The number of hydrogen-bond acceptors (Lipinski definition) is 6. The zero-order valence-electron chi connectivity index (χ0n) is 22.5. The molecule has 0 saturated carbocycles. The molecule has 1 aliphatic heterocycles. The van der Waals surface area contributed by atoms with Gasteiger partial charge in [0.15, 0.2) is 0 Å². The summed E-state index contributed by atoms with van der Waals surface area (Å²) in [6.45, 7) is 12.3. The fourth-order valence-electron chi connectivity index (χ4n) is 4.68. The third kappa shape index (κ3) is 6.49. The molecule has 0 atom stereocenters. The van der Waals surface area contributed by atoms with E-state index in [1.807, 2.05) is 65.1 Å². The van der Waals surface area contributed by atoms with Crippen molar-refractivity contribution < 1.29 is 19.1 Å². The first-order chi connectivity index (χ1) is 17.1. The normalized spacial score (nSPS) is 15.8. The lowest BCUT2D eigenvalue weighted by atomic mass is 9.82. The van der Waals surface area contributed by atoms with E-state index in [4.69, 9.17) is 9.47 Å². The second kappa shape index (κ2) is 12.1. The molecule has 196 valence electrons. The predicted molar refractivity (Wildman–Crippen MR) is 151 cm³/mol. The topological polar surface area (TPSA) is 52.6 Å². The van der Waals surface area contributed by atoms with Gasteiger partial charge in [-0.05, 0) is 94.6 Å². The third-order valence-corrected chi connectivity index (χ3v) is 9.93. The van der Waals surface area contributed by atoms with E-state index in [1.54, 1.807) is 0 Å². The van der Waals surface area contributed by atoms with Crippen molar-refractivity contribution in [2.24, 2.45) is 10.8 Å². The minimum absolute atomic E-state index is 0.166. The Morgan fingerprint density at radius 3 is 2.03 bits per heavy atom. The monoisotopic (exact) mass is 528 g/mol. The fraction of sp³-hybridized carbons (Fsp3) is 0.533.